The van der Waals surface area contributed by atoms with Gasteiger partial charge in [-0.3, -0.25) is 9.69 Å². The van der Waals surface area contributed by atoms with Crippen molar-refractivity contribution in [3.63, 3.8) is 0 Å². The van der Waals surface area contributed by atoms with E-state index in [0.717, 1.165) is 30.6 Å². The number of thiophene rings is 1. The molecule has 0 bridgehead atoms. The molecule has 1 N–H and O–H groups in total. The van der Waals surface area contributed by atoms with Crippen molar-refractivity contribution in [3.05, 3.63) is 41.3 Å². The number of anilines is 1. The van der Waals surface area contributed by atoms with Crippen LogP contribution in [0.1, 0.15) is 30.1 Å². The Hall–Kier alpha value is -2.18. The molecular weight excluding hydrogens is 348 g/mol. The summed E-state index contributed by atoms with van der Waals surface area (Å²) in [6.07, 6.45) is 2.34. The maximum absolute atomic E-state index is 12.5. The number of hydrogen-bond donors (Lipinski definition) is 1. The lowest BCUT2D eigenvalue weighted by Gasteiger charge is -2.30. The zero-order chi connectivity index (χ0) is 18.5. The van der Waals surface area contributed by atoms with Crippen molar-refractivity contribution in [2.75, 3.05) is 32.1 Å². The van der Waals surface area contributed by atoms with Gasteiger partial charge in [0.1, 0.15) is 10.6 Å². The fourth-order valence-corrected chi connectivity index (χ4v) is 4.36. The van der Waals surface area contributed by atoms with E-state index in [1.165, 1.54) is 24.9 Å². The Kier molecular flexibility index (Phi) is 6.06. The number of methoxy groups -OCH3 is 1. The van der Waals surface area contributed by atoms with Crippen molar-refractivity contribution in [1.29, 1.82) is 0 Å². The van der Waals surface area contributed by atoms with Crippen molar-refractivity contribution < 1.29 is 14.3 Å². The van der Waals surface area contributed by atoms with Gasteiger partial charge in [0.15, 0.2) is 0 Å². The molecular formula is C20H24N2O3S. The lowest BCUT2D eigenvalue weighted by Crippen LogP contribution is -2.39. The third-order valence-corrected chi connectivity index (χ3v) is 5.52. The molecule has 0 radical (unpaired) electrons. The van der Waals surface area contributed by atoms with Crippen LogP contribution >= 0.6 is 11.3 Å². The van der Waals surface area contributed by atoms with Gasteiger partial charge in [-0.25, -0.2) is 4.79 Å². The Morgan fingerprint density at radius 2 is 2.08 bits per heavy atom. The minimum atomic E-state index is -0.438. The zero-order valence-electron chi connectivity index (χ0n) is 15.2. The van der Waals surface area contributed by atoms with E-state index in [2.05, 4.69) is 17.1 Å². The number of esters is 1. The maximum atomic E-state index is 12.5. The van der Waals surface area contributed by atoms with E-state index in [0.29, 0.717) is 23.0 Å². The average Bonchev–Trinajstić information content (AvgIpc) is 3.05. The van der Waals surface area contributed by atoms with Crippen molar-refractivity contribution >= 4 is 28.2 Å². The second kappa shape index (κ2) is 8.47. The van der Waals surface area contributed by atoms with Crippen LogP contribution in [0.15, 0.2) is 35.7 Å². The largest absolute Gasteiger partial charge is 0.465 e. The van der Waals surface area contributed by atoms with Gasteiger partial charge in [0, 0.05) is 17.5 Å². The predicted octanol–water partition coefficient (Wildman–Crippen LogP) is 3.87. The molecule has 3 rings (SSSR count). The van der Waals surface area contributed by atoms with Crippen LogP contribution in [0.2, 0.25) is 0 Å². The molecule has 6 heteroatoms. The molecule has 2 heterocycles. The van der Waals surface area contributed by atoms with Gasteiger partial charge < -0.3 is 10.1 Å². The van der Waals surface area contributed by atoms with Crippen LogP contribution in [0.5, 0.6) is 0 Å². The Balaban J connectivity index is 1.78. The van der Waals surface area contributed by atoms with Crippen LogP contribution in [0.4, 0.5) is 5.00 Å². The van der Waals surface area contributed by atoms with Crippen molar-refractivity contribution in [2.45, 2.75) is 19.8 Å². The fourth-order valence-electron chi connectivity index (χ4n) is 3.38. The molecule has 1 amide bonds. The number of piperidine rings is 1. The van der Waals surface area contributed by atoms with Gasteiger partial charge in [-0.1, -0.05) is 37.3 Å². The number of ether oxygens (including phenoxy) is 1. The molecule has 26 heavy (non-hydrogen) atoms. The lowest BCUT2D eigenvalue weighted by molar-refractivity contribution is -0.117. The first-order valence-corrected chi connectivity index (χ1v) is 9.74. The van der Waals surface area contributed by atoms with Crippen LogP contribution in [-0.2, 0) is 9.53 Å². The number of nitrogens with one attached hydrogen (secondary N) is 1. The van der Waals surface area contributed by atoms with Crippen molar-refractivity contribution in [2.24, 2.45) is 5.92 Å². The molecule has 1 aliphatic heterocycles. The highest BCUT2D eigenvalue weighted by molar-refractivity contribution is 7.15. The number of amides is 1. The van der Waals surface area contributed by atoms with Crippen LogP contribution in [0.3, 0.4) is 0 Å². The highest BCUT2D eigenvalue weighted by atomic mass is 32.1. The number of likely N-dealkylation sites (tertiary alicyclic amines) is 1. The Labute approximate surface area is 158 Å². The summed E-state index contributed by atoms with van der Waals surface area (Å²) in [6.45, 7) is 4.45. The Morgan fingerprint density at radius 1 is 1.31 bits per heavy atom. The second-order valence-electron chi connectivity index (χ2n) is 6.74. The van der Waals surface area contributed by atoms with Gasteiger partial charge in [0.25, 0.3) is 0 Å². The topological polar surface area (TPSA) is 58.6 Å². The quantitative estimate of drug-likeness (QED) is 0.810. The molecule has 1 unspecified atom stereocenters. The molecule has 1 atom stereocenters. The summed E-state index contributed by atoms with van der Waals surface area (Å²) in [4.78, 5) is 27.0. The molecule has 0 aliphatic carbocycles. The molecule has 5 nitrogen and oxygen atoms in total. The number of nitrogens with zero attached hydrogens (tertiary/aromatic N) is 1. The third-order valence-electron chi connectivity index (χ3n) is 4.63. The summed E-state index contributed by atoms with van der Waals surface area (Å²) < 4.78 is 4.95. The standard InChI is InChI=1S/C20H24N2O3S/c1-14-7-6-10-22(11-14)12-17(23)21-19-18(20(24)25-2)16(13-26-19)15-8-4-3-5-9-15/h3-5,8-9,13-14H,6-7,10-12H2,1-2H3,(H,21,23). The molecule has 1 aromatic heterocycles. The Bertz CT molecular complexity index is 773. The van der Waals surface area contributed by atoms with Gasteiger partial charge in [0.05, 0.1) is 13.7 Å². The SMILES string of the molecule is COC(=O)c1c(-c2ccccc2)csc1NC(=O)CN1CCCC(C)C1. The lowest BCUT2D eigenvalue weighted by atomic mass is 10.0. The summed E-state index contributed by atoms with van der Waals surface area (Å²) >= 11 is 1.35. The normalized spacial score (nSPS) is 17.7. The smallest absolute Gasteiger partial charge is 0.341 e. The second-order valence-corrected chi connectivity index (χ2v) is 7.62. The van der Waals surface area contributed by atoms with E-state index in [4.69, 9.17) is 4.74 Å². The van der Waals surface area contributed by atoms with Crippen LogP contribution in [-0.4, -0.2) is 43.5 Å². The molecule has 1 fully saturated rings. The van der Waals surface area contributed by atoms with Gasteiger partial charge in [0.2, 0.25) is 5.91 Å². The number of carbonyl (C=O) groups excluding carboxylic acids is 2. The van der Waals surface area contributed by atoms with E-state index >= 15 is 0 Å². The van der Waals surface area contributed by atoms with Crippen LogP contribution in [0.25, 0.3) is 11.1 Å². The fraction of sp³-hybridized carbons (Fsp3) is 0.400. The van der Waals surface area contributed by atoms with E-state index in [9.17, 15) is 9.59 Å². The first-order valence-electron chi connectivity index (χ1n) is 8.86. The van der Waals surface area contributed by atoms with Gasteiger partial charge in [-0.05, 0) is 30.9 Å². The number of carbonyl (C=O) groups is 2. The Morgan fingerprint density at radius 3 is 2.77 bits per heavy atom. The highest BCUT2D eigenvalue weighted by Crippen LogP contribution is 2.36. The summed E-state index contributed by atoms with van der Waals surface area (Å²) in [5.74, 6) is 0.0892. The third kappa shape index (κ3) is 4.31. The summed E-state index contributed by atoms with van der Waals surface area (Å²) in [6, 6.07) is 9.65. The molecule has 1 aliphatic rings. The van der Waals surface area contributed by atoms with Crippen molar-refractivity contribution in [3.8, 4) is 11.1 Å². The molecule has 1 saturated heterocycles. The number of benzene rings is 1. The molecule has 138 valence electrons. The summed E-state index contributed by atoms with van der Waals surface area (Å²) in [7, 11) is 1.36. The highest BCUT2D eigenvalue weighted by Gasteiger charge is 2.24. The monoisotopic (exact) mass is 372 g/mol. The number of rotatable bonds is 5. The summed E-state index contributed by atoms with van der Waals surface area (Å²) in [5, 5.41) is 5.35. The van der Waals surface area contributed by atoms with Gasteiger partial charge >= 0.3 is 5.97 Å². The first-order chi connectivity index (χ1) is 12.6. The van der Waals surface area contributed by atoms with Gasteiger partial charge in [-0.2, -0.15) is 0 Å². The minimum absolute atomic E-state index is 0.0919. The zero-order valence-corrected chi connectivity index (χ0v) is 16.0. The molecule has 2 aromatic rings. The predicted molar refractivity (Wildman–Crippen MR) is 105 cm³/mol. The molecule has 1 aromatic carbocycles. The van der Waals surface area contributed by atoms with E-state index in [1.54, 1.807) is 0 Å². The average molecular weight is 372 g/mol. The summed E-state index contributed by atoms with van der Waals surface area (Å²) in [5.41, 5.74) is 2.13. The first kappa shape index (κ1) is 18.6. The van der Waals surface area contributed by atoms with E-state index in [-0.39, 0.29) is 5.91 Å². The van der Waals surface area contributed by atoms with Crippen LogP contribution < -0.4 is 5.32 Å². The van der Waals surface area contributed by atoms with E-state index < -0.39 is 5.97 Å². The molecule has 0 saturated carbocycles. The van der Waals surface area contributed by atoms with Crippen molar-refractivity contribution in [1.82, 2.24) is 4.90 Å². The van der Waals surface area contributed by atoms with Crippen LogP contribution in [0, 0.1) is 5.92 Å². The number of hydrogen-bond acceptors (Lipinski definition) is 5. The minimum Gasteiger partial charge on any atom is -0.465 e. The maximum Gasteiger partial charge on any atom is 0.341 e. The van der Waals surface area contributed by atoms with Gasteiger partial charge in [-0.15, -0.1) is 11.3 Å². The molecule has 0 spiro atoms. The van der Waals surface area contributed by atoms with E-state index in [1.807, 2.05) is 35.7 Å².